The molecule has 4 heteroatoms. The van der Waals surface area contributed by atoms with Gasteiger partial charge in [-0.3, -0.25) is 0 Å². The van der Waals surface area contributed by atoms with Gasteiger partial charge >= 0.3 is 0 Å². The summed E-state index contributed by atoms with van der Waals surface area (Å²) in [6.45, 7) is 6.16. The van der Waals surface area contributed by atoms with Gasteiger partial charge in [0.1, 0.15) is 5.82 Å². The fourth-order valence-electron chi connectivity index (χ4n) is 1.73. The molecule has 3 nitrogen and oxygen atoms in total. The van der Waals surface area contributed by atoms with Crippen LogP contribution in [0.3, 0.4) is 0 Å². The molecule has 0 aliphatic heterocycles. The maximum atomic E-state index is 5.72. The Kier molecular flexibility index (Phi) is 3.87. The first-order valence-corrected chi connectivity index (χ1v) is 6.83. The van der Waals surface area contributed by atoms with Crippen LogP contribution in [0.5, 0.6) is 0 Å². The van der Waals surface area contributed by atoms with Crippen molar-refractivity contribution in [3.8, 4) is 0 Å². The number of nitrogens with zero attached hydrogens (tertiary/aromatic N) is 2. The summed E-state index contributed by atoms with van der Waals surface area (Å²) in [5.74, 6) is 1.40. The molecule has 0 saturated heterocycles. The molecule has 0 radical (unpaired) electrons. The van der Waals surface area contributed by atoms with Gasteiger partial charge in [0, 0.05) is 17.5 Å². The Morgan fingerprint density at radius 1 is 1.11 bits per heavy atom. The van der Waals surface area contributed by atoms with E-state index in [1.165, 1.54) is 16.7 Å². The maximum Gasteiger partial charge on any atom is 0.190 e. The second-order valence-corrected chi connectivity index (χ2v) is 5.38. The molecule has 0 atom stereocenters. The summed E-state index contributed by atoms with van der Waals surface area (Å²) < 4.78 is 0. The molecule has 0 amide bonds. The van der Waals surface area contributed by atoms with E-state index in [0.717, 1.165) is 16.6 Å². The monoisotopic (exact) mass is 259 g/mol. The van der Waals surface area contributed by atoms with E-state index in [0.29, 0.717) is 5.82 Å². The molecular weight excluding hydrogens is 242 g/mol. The lowest BCUT2D eigenvalue weighted by molar-refractivity contribution is 0.940. The largest absolute Gasteiger partial charge is 0.384 e. The Morgan fingerprint density at radius 3 is 2.61 bits per heavy atom. The van der Waals surface area contributed by atoms with E-state index in [1.807, 2.05) is 6.92 Å². The highest BCUT2D eigenvalue weighted by Gasteiger charge is 2.04. The zero-order chi connectivity index (χ0) is 13.1. The predicted molar refractivity (Wildman–Crippen MR) is 76.7 cm³/mol. The van der Waals surface area contributed by atoms with Gasteiger partial charge in [-0.25, -0.2) is 9.97 Å². The van der Waals surface area contributed by atoms with Crippen molar-refractivity contribution in [2.24, 2.45) is 0 Å². The average molecular weight is 259 g/mol. The first kappa shape index (κ1) is 12.9. The topological polar surface area (TPSA) is 51.8 Å². The summed E-state index contributed by atoms with van der Waals surface area (Å²) in [5.41, 5.74) is 10.5. The molecule has 94 valence electrons. The van der Waals surface area contributed by atoms with Gasteiger partial charge in [0.2, 0.25) is 0 Å². The van der Waals surface area contributed by atoms with E-state index >= 15 is 0 Å². The summed E-state index contributed by atoms with van der Waals surface area (Å²) >= 11 is 1.62. The van der Waals surface area contributed by atoms with Crippen LogP contribution in [0.2, 0.25) is 0 Å². The first-order valence-electron chi connectivity index (χ1n) is 5.84. The number of aromatic nitrogens is 2. The standard InChI is InChI=1S/C14H17N3S/c1-9-4-5-10(2)12(6-9)8-18-14-16-11(3)7-13(15)17-14/h4-7H,8H2,1-3H3,(H2,15,16,17). The van der Waals surface area contributed by atoms with Gasteiger partial charge in [0.05, 0.1) is 0 Å². The quantitative estimate of drug-likeness (QED) is 0.679. The molecule has 0 fully saturated rings. The molecule has 2 aromatic rings. The highest BCUT2D eigenvalue weighted by atomic mass is 32.2. The molecule has 1 aromatic heterocycles. The molecule has 2 rings (SSSR count). The van der Waals surface area contributed by atoms with E-state index in [-0.39, 0.29) is 0 Å². The minimum Gasteiger partial charge on any atom is -0.384 e. The molecule has 2 N–H and O–H groups in total. The van der Waals surface area contributed by atoms with Gasteiger partial charge in [-0.05, 0) is 31.9 Å². The Bertz CT molecular complexity index is 547. The summed E-state index contributed by atoms with van der Waals surface area (Å²) in [5, 5.41) is 0.744. The van der Waals surface area contributed by atoms with Gasteiger partial charge < -0.3 is 5.73 Å². The molecule has 0 bridgehead atoms. The van der Waals surface area contributed by atoms with Gasteiger partial charge in [-0.15, -0.1) is 0 Å². The second kappa shape index (κ2) is 5.40. The van der Waals surface area contributed by atoms with Crippen molar-refractivity contribution >= 4 is 17.6 Å². The molecule has 0 saturated carbocycles. The van der Waals surface area contributed by atoms with E-state index in [1.54, 1.807) is 17.8 Å². The minimum atomic E-state index is 0.533. The van der Waals surface area contributed by atoms with Crippen LogP contribution >= 0.6 is 11.8 Å². The fourth-order valence-corrected chi connectivity index (χ4v) is 2.70. The predicted octanol–water partition coefficient (Wildman–Crippen LogP) is 3.28. The van der Waals surface area contributed by atoms with E-state index < -0.39 is 0 Å². The number of hydrogen-bond acceptors (Lipinski definition) is 4. The third-order valence-corrected chi connectivity index (χ3v) is 3.61. The number of nitrogen functional groups attached to an aromatic ring is 1. The van der Waals surface area contributed by atoms with E-state index in [4.69, 9.17) is 5.73 Å². The lowest BCUT2D eigenvalue weighted by Gasteiger charge is -2.07. The fraction of sp³-hybridized carbons (Fsp3) is 0.286. The third-order valence-electron chi connectivity index (χ3n) is 2.71. The lowest BCUT2D eigenvalue weighted by atomic mass is 10.1. The van der Waals surface area contributed by atoms with Gasteiger partial charge in [0.15, 0.2) is 5.16 Å². The van der Waals surface area contributed by atoms with E-state index in [2.05, 4.69) is 42.0 Å². The number of nitrogens with two attached hydrogens (primary N) is 1. The summed E-state index contributed by atoms with van der Waals surface area (Å²) in [6, 6.07) is 8.27. The Hall–Kier alpha value is -1.55. The lowest BCUT2D eigenvalue weighted by Crippen LogP contribution is -1.97. The smallest absolute Gasteiger partial charge is 0.190 e. The minimum absolute atomic E-state index is 0.533. The van der Waals surface area contributed by atoms with Gasteiger partial charge in [-0.2, -0.15) is 0 Å². The highest BCUT2D eigenvalue weighted by Crippen LogP contribution is 2.23. The van der Waals surface area contributed by atoms with Crippen molar-refractivity contribution in [3.63, 3.8) is 0 Å². The zero-order valence-electron chi connectivity index (χ0n) is 10.9. The van der Waals surface area contributed by atoms with Gasteiger partial charge in [-0.1, -0.05) is 35.5 Å². The number of hydrogen-bond donors (Lipinski definition) is 1. The summed E-state index contributed by atoms with van der Waals surface area (Å²) in [6.07, 6.45) is 0. The van der Waals surface area contributed by atoms with Crippen molar-refractivity contribution in [2.45, 2.75) is 31.7 Å². The number of benzene rings is 1. The van der Waals surface area contributed by atoms with Crippen molar-refractivity contribution in [2.75, 3.05) is 5.73 Å². The normalized spacial score (nSPS) is 10.6. The Morgan fingerprint density at radius 2 is 1.89 bits per heavy atom. The molecule has 0 aliphatic carbocycles. The third kappa shape index (κ3) is 3.23. The molecule has 1 heterocycles. The van der Waals surface area contributed by atoms with Crippen molar-refractivity contribution in [1.82, 2.24) is 9.97 Å². The molecule has 0 unspecified atom stereocenters. The molecule has 0 aliphatic rings. The van der Waals surface area contributed by atoms with Crippen LogP contribution in [0.4, 0.5) is 5.82 Å². The van der Waals surface area contributed by atoms with Gasteiger partial charge in [0.25, 0.3) is 0 Å². The van der Waals surface area contributed by atoms with Crippen LogP contribution in [0.25, 0.3) is 0 Å². The van der Waals surface area contributed by atoms with Crippen LogP contribution in [0.15, 0.2) is 29.4 Å². The Balaban J connectivity index is 2.13. The van der Waals surface area contributed by atoms with Crippen LogP contribution < -0.4 is 5.73 Å². The number of anilines is 1. The molecular formula is C14H17N3S. The molecule has 18 heavy (non-hydrogen) atoms. The molecule has 1 aromatic carbocycles. The Labute approximate surface area is 112 Å². The van der Waals surface area contributed by atoms with Crippen LogP contribution in [-0.4, -0.2) is 9.97 Å². The number of aryl methyl sites for hydroxylation is 3. The summed E-state index contributed by atoms with van der Waals surface area (Å²) in [4.78, 5) is 8.60. The SMILES string of the molecule is Cc1ccc(C)c(CSc2nc(C)cc(N)n2)c1. The number of thioether (sulfide) groups is 1. The number of rotatable bonds is 3. The van der Waals surface area contributed by atoms with Crippen molar-refractivity contribution < 1.29 is 0 Å². The maximum absolute atomic E-state index is 5.72. The van der Waals surface area contributed by atoms with Crippen LogP contribution in [0, 0.1) is 20.8 Å². The van der Waals surface area contributed by atoms with Crippen LogP contribution in [-0.2, 0) is 5.75 Å². The first-order chi connectivity index (χ1) is 8.54. The summed E-state index contributed by atoms with van der Waals surface area (Å²) in [7, 11) is 0. The van der Waals surface area contributed by atoms with Crippen molar-refractivity contribution in [1.29, 1.82) is 0 Å². The highest BCUT2D eigenvalue weighted by molar-refractivity contribution is 7.98. The van der Waals surface area contributed by atoms with Crippen LogP contribution in [0.1, 0.15) is 22.4 Å². The average Bonchev–Trinajstić information content (AvgIpc) is 2.29. The molecule has 0 spiro atoms. The van der Waals surface area contributed by atoms with Crippen molar-refractivity contribution in [3.05, 3.63) is 46.6 Å². The zero-order valence-corrected chi connectivity index (χ0v) is 11.7. The second-order valence-electron chi connectivity index (χ2n) is 4.44. The van der Waals surface area contributed by atoms with E-state index in [9.17, 15) is 0 Å².